The molecule has 0 aromatic rings. The van der Waals surface area contributed by atoms with Gasteiger partial charge < -0.3 is 9.53 Å². The minimum absolute atomic E-state index is 0.121. The van der Waals surface area contributed by atoms with Crippen LogP contribution in [0.15, 0.2) is 12.7 Å². The first-order chi connectivity index (χ1) is 8.97. The van der Waals surface area contributed by atoms with Gasteiger partial charge in [-0.2, -0.15) is 0 Å². The zero-order valence-electron chi connectivity index (χ0n) is 14.9. The zero-order chi connectivity index (χ0) is 16.1. The predicted molar refractivity (Wildman–Crippen MR) is 91.5 cm³/mol. The second kappa shape index (κ2) is 7.76. The van der Waals surface area contributed by atoms with Crippen LogP contribution in [-0.2, 0) is 4.43 Å². The van der Waals surface area contributed by atoms with Crippen LogP contribution in [0.25, 0.3) is 0 Å². The van der Waals surface area contributed by atoms with Crippen LogP contribution < -0.4 is 0 Å². The summed E-state index contributed by atoms with van der Waals surface area (Å²) in [7, 11) is -1.82. The molecule has 0 aliphatic carbocycles. The molecule has 1 N–H and O–H groups in total. The average molecular weight is 301 g/mol. The van der Waals surface area contributed by atoms with Gasteiger partial charge in [0.15, 0.2) is 8.32 Å². The van der Waals surface area contributed by atoms with Crippen LogP contribution in [0.5, 0.6) is 0 Å². The van der Waals surface area contributed by atoms with Gasteiger partial charge in [-0.25, -0.2) is 0 Å². The summed E-state index contributed by atoms with van der Waals surface area (Å²) < 4.78 is 6.63. The van der Waals surface area contributed by atoms with E-state index in [0.29, 0.717) is 12.3 Å². The highest BCUT2D eigenvalue weighted by Crippen LogP contribution is 2.40. The molecule has 0 aliphatic heterocycles. The number of hydrogen-bond acceptors (Lipinski definition) is 2. The topological polar surface area (TPSA) is 29.5 Å². The van der Waals surface area contributed by atoms with E-state index in [4.69, 9.17) is 4.43 Å². The lowest BCUT2D eigenvalue weighted by Gasteiger charge is -2.43. The molecule has 0 aromatic carbocycles. The first-order valence-electron chi connectivity index (χ1n) is 7.94. The second-order valence-electron chi connectivity index (χ2n) is 7.68. The van der Waals surface area contributed by atoms with Crippen LogP contribution >= 0.6 is 0 Å². The maximum Gasteiger partial charge on any atom is 0.192 e. The summed E-state index contributed by atoms with van der Waals surface area (Å²) in [4.78, 5) is 0. The normalized spacial score (nSPS) is 19.2. The molecule has 0 bridgehead atoms. The summed E-state index contributed by atoms with van der Waals surface area (Å²) in [5.74, 6) is 0.593. The van der Waals surface area contributed by atoms with Crippen LogP contribution in [0.2, 0.25) is 18.1 Å². The first kappa shape index (κ1) is 19.9. The van der Waals surface area contributed by atoms with Gasteiger partial charge in [0.25, 0.3) is 0 Å². The third-order valence-corrected chi connectivity index (χ3v) is 9.45. The van der Waals surface area contributed by atoms with Crippen molar-refractivity contribution in [1.82, 2.24) is 0 Å². The number of hydrogen-bond donors (Lipinski definition) is 1. The summed E-state index contributed by atoms with van der Waals surface area (Å²) in [6.45, 7) is 21.6. The van der Waals surface area contributed by atoms with E-state index < -0.39 is 8.32 Å². The second-order valence-corrected chi connectivity index (χ2v) is 12.4. The molecule has 0 fully saturated rings. The molecule has 20 heavy (non-hydrogen) atoms. The minimum Gasteiger partial charge on any atom is -0.413 e. The fourth-order valence-electron chi connectivity index (χ4n) is 2.10. The van der Waals surface area contributed by atoms with E-state index >= 15 is 0 Å². The monoisotopic (exact) mass is 300 g/mol. The van der Waals surface area contributed by atoms with Crippen molar-refractivity contribution in [3.63, 3.8) is 0 Å². The van der Waals surface area contributed by atoms with Gasteiger partial charge in [0.2, 0.25) is 0 Å². The van der Waals surface area contributed by atoms with Crippen molar-refractivity contribution in [3.8, 4) is 0 Å². The lowest BCUT2D eigenvalue weighted by atomic mass is 9.87. The Kier molecular flexibility index (Phi) is 7.72. The van der Waals surface area contributed by atoms with Gasteiger partial charge in [-0.3, -0.25) is 0 Å². The largest absolute Gasteiger partial charge is 0.413 e. The van der Waals surface area contributed by atoms with Gasteiger partial charge in [-0.05, 0) is 30.5 Å². The molecule has 120 valence electrons. The molecule has 0 heterocycles. The molecule has 2 nitrogen and oxygen atoms in total. The smallest absolute Gasteiger partial charge is 0.192 e. The zero-order valence-corrected chi connectivity index (χ0v) is 15.9. The molecule has 3 heteroatoms. The Morgan fingerprint density at radius 1 is 1.25 bits per heavy atom. The van der Waals surface area contributed by atoms with E-state index in [2.05, 4.69) is 61.2 Å². The van der Waals surface area contributed by atoms with Crippen LogP contribution in [0.4, 0.5) is 0 Å². The van der Waals surface area contributed by atoms with Crippen LogP contribution in [-0.4, -0.2) is 25.6 Å². The van der Waals surface area contributed by atoms with E-state index in [0.717, 1.165) is 6.42 Å². The highest BCUT2D eigenvalue weighted by Gasteiger charge is 2.42. The maximum atomic E-state index is 10.3. The molecule has 0 saturated heterocycles. The van der Waals surface area contributed by atoms with Crippen molar-refractivity contribution < 1.29 is 9.53 Å². The highest BCUT2D eigenvalue weighted by molar-refractivity contribution is 6.74. The predicted octanol–water partition coefficient (Wildman–Crippen LogP) is 5.00. The van der Waals surface area contributed by atoms with E-state index in [1.54, 1.807) is 6.08 Å². The fourth-order valence-corrected chi connectivity index (χ4v) is 3.58. The fraction of sp³-hybridized carbons (Fsp3) is 0.882. The number of aliphatic hydroxyl groups excluding tert-OH is 1. The summed E-state index contributed by atoms with van der Waals surface area (Å²) >= 11 is 0. The Morgan fingerprint density at radius 2 is 1.75 bits per heavy atom. The molecule has 0 aromatic heterocycles. The Labute approximate surface area is 127 Å². The maximum absolute atomic E-state index is 10.3. The minimum atomic E-state index is -1.82. The summed E-state index contributed by atoms with van der Waals surface area (Å²) in [5, 5.41) is 10.5. The van der Waals surface area contributed by atoms with Gasteiger partial charge in [-0.15, -0.1) is 6.58 Å². The van der Waals surface area contributed by atoms with E-state index in [-0.39, 0.29) is 23.2 Å². The molecule has 0 saturated carbocycles. The Balaban J connectivity index is 5.13. The van der Waals surface area contributed by atoms with E-state index in [1.807, 2.05) is 0 Å². The molecule has 0 rings (SSSR count). The van der Waals surface area contributed by atoms with Gasteiger partial charge in [0.1, 0.15) is 0 Å². The molecular formula is C17H36O2Si. The molecule has 0 amide bonds. The van der Waals surface area contributed by atoms with Gasteiger partial charge in [-0.1, -0.05) is 54.0 Å². The standard InChI is InChI=1S/C17H36O2Si/c1-10-12-15(18)14(4)16(13(3)11-2)19-20(8,9)17(5,6)7/h10,13-16,18H,1,11-12H2,2-9H3/t13-,14+,15+,16+/m1/s1. The van der Waals surface area contributed by atoms with Crippen LogP contribution in [0.1, 0.15) is 54.4 Å². The molecule has 0 unspecified atom stereocenters. The molecule has 0 radical (unpaired) electrons. The Morgan fingerprint density at radius 3 is 2.10 bits per heavy atom. The van der Waals surface area contributed by atoms with Crippen molar-refractivity contribution in [2.75, 3.05) is 0 Å². The SMILES string of the molecule is C=CC[C@H](O)[C@H](C)[C@@H](O[Si](C)(C)C(C)(C)C)[C@H](C)CC. The van der Waals surface area contributed by atoms with Crippen LogP contribution in [0, 0.1) is 11.8 Å². The van der Waals surface area contributed by atoms with E-state index in [9.17, 15) is 5.11 Å². The summed E-state index contributed by atoms with van der Waals surface area (Å²) in [5.41, 5.74) is 0. The van der Waals surface area contributed by atoms with E-state index in [1.165, 1.54) is 0 Å². The van der Waals surface area contributed by atoms with Gasteiger partial charge >= 0.3 is 0 Å². The lowest BCUT2D eigenvalue weighted by Crippen LogP contribution is -2.49. The third-order valence-electron chi connectivity index (χ3n) is 4.97. The first-order valence-corrected chi connectivity index (χ1v) is 10.9. The lowest BCUT2D eigenvalue weighted by molar-refractivity contribution is 0.00202. The third kappa shape index (κ3) is 5.34. The summed E-state index contributed by atoms with van der Waals surface area (Å²) in [6.07, 6.45) is 3.26. The van der Waals surface area contributed by atoms with Gasteiger partial charge in [0.05, 0.1) is 12.2 Å². The molecular weight excluding hydrogens is 264 g/mol. The van der Waals surface area contributed by atoms with Crippen molar-refractivity contribution in [3.05, 3.63) is 12.7 Å². The Hall–Kier alpha value is -0.123. The van der Waals surface area contributed by atoms with Crippen LogP contribution in [0.3, 0.4) is 0 Å². The number of rotatable bonds is 8. The summed E-state index contributed by atoms with van der Waals surface area (Å²) in [6, 6.07) is 0. The Bertz CT molecular complexity index is 294. The van der Waals surface area contributed by atoms with Crippen molar-refractivity contribution >= 4 is 8.32 Å². The quantitative estimate of drug-likeness (QED) is 0.505. The van der Waals surface area contributed by atoms with Crippen molar-refractivity contribution in [2.45, 2.75) is 84.7 Å². The molecule has 4 atom stereocenters. The highest BCUT2D eigenvalue weighted by atomic mass is 28.4. The van der Waals surface area contributed by atoms with Crippen molar-refractivity contribution in [2.24, 2.45) is 11.8 Å². The van der Waals surface area contributed by atoms with Gasteiger partial charge in [0, 0.05) is 5.92 Å². The molecule has 0 spiro atoms. The number of aliphatic hydroxyl groups is 1. The molecule has 0 aliphatic rings. The average Bonchev–Trinajstić information content (AvgIpc) is 2.33. The van der Waals surface area contributed by atoms with Crippen molar-refractivity contribution in [1.29, 1.82) is 0 Å².